The van der Waals surface area contributed by atoms with Crippen LogP contribution in [0.15, 0.2) is 182 Å². The Morgan fingerprint density at radius 2 is 0.348 bits per heavy atom. The second-order valence-electron chi connectivity index (χ2n) is 9.14. The van der Waals surface area contributed by atoms with Gasteiger partial charge >= 0.3 is 285 Å². The van der Waals surface area contributed by atoms with Gasteiger partial charge in [0.15, 0.2) is 0 Å². The van der Waals surface area contributed by atoms with Crippen LogP contribution in [0.3, 0.4) is 0 Å². The number of benzene rings is 6. The van der Waals surface area contributed by atoms with E-state index in [9.17, 15) is 0 Å². The van der Waals surface area contributed by atoms with Crippen LogP contribution < -0.4 is 56.6 Å². The summed E-state index contributed by atoms with van der Waals surface area (Å²) in [6, 6.07) is 66.2. The van der Waals surface area contributed by atoms with Crippen molar-refractivity contribution in [3.63, 3.8) is 0 Å². The molecule has 6 aromatic rings. The molecule has 6 aromatic carbocycles. The zero-order chi connectivity index (χ0) is 30.1. The molecule has 6 unspecified atom stereocenters. The zero-order valence-electron chi connectivity index (χ0n) is 24.7. The Hall–Kier alpha value is -0.195. The average molecular weight is 938 g/mol. The van der Waals surface area contributed by atoms with E-state index in [1.807, 2.05) is 0 Å². The van der Waals surface area contributed by atoms with Crippen LogP contribution in [0.4, 0.5) is 0 Å². The normalized spacial score (nSPS) is 12.3. The van der Waals surface area contributed by atoms with Gasteiger partial charge < -0.3 is 24.8 Å². The first-order valence-corrected chi connectivity index (χ1v) is 32.8. The molecule has 0 heterocycles. The van der Waals surface area contributed by atoms with Crippen LogP contribution in [-0.2, 0) is 30.5 Å². The maximum atomic E-state index is 2.29. The predicted molar refractivity (Wildman–Crippen MR) is 206 cm³/mol. The molecule has 10 heteroatoms. The molecule has 0 nitrogen and oxygen atoms in total. The van der Waals surface area contributed by atoms with E-state index in [0.29, 0.717) is 0 Å². The molecule has 0 N–H and O–H groups in total. The number of hydrogen-bond acceptors (Lipinski definition) is 0. The van der Waals surface area contributed by atoms with Crippen LogP contribution in [0.5, 0.6) is 0 Å². The standard InChI is InChI=1S/6C6H6P.2ClH.2Pd/c6*7-6-4-2-1-3-5-6;;;;/h6*1-5,7H;2*1H;;/q6*-1;;;2*+4/p-2. The molecule has 0 fully saturated rings. The maximum absolute atomic E-state index is 2.29. The fourth-order valence-electron chi connectivity index (χ4n) is 3.61. The molecule has 6 atom stereocenters. The van der Waals surface area contributed by atoms with Crippen molar-refractivity contribution in [2.75, 3.05) is 0 Å². The fraction of sp³-hybridized carbons (Fsp3) is 0. The molecule has 0 radical (unpaired) electrons. The van der Waals surface area contributed by atoms with Crippen LogP contribution in [0.1, 0.15) is 0 Å². The van der Waals surface area contributed by atoms with Crippen molar-refractivity contribution in [3.8, 4) is 0 Å². The second kappa shape index (κ2) is 24.0. The Morgan fingerprint density at radius 1 is 0.217 bits per heavy atom. The summed E-state index contributed by atoms with van der Waals surface area (Å²) in [6.45, 7) is 5.93. The molecule has 0 saturated carbocycles. The Labute approximate surface area is 306 Å². The van der Waals surface area contributed by atoms with Crippen LogP contribution in [0.2, 0.25) is 0 Å². The molecule has 0 amide bonds. The van der Waals surface area contributed by atoms with Gasteiger partial charge in [-0.1, -0.05) is 0 Å². The Kier molecular flexibility index (Phi) is 21.0. The van der Waals surface area contributed by atoms with Crippen LogP contribution >= 0.6 is 40.6 Å². The number of rotatable bonds is 12. The summed E-state index contributed by atoms with van der Waals surface area (Å²) in [5, 5.41) is 9.14. The molecule has 0 aliphatic carbocycles. The van der Waals surface area contributed by atoms with E-state index >= 15 is 0 Å². The van der Waals surface area contributed by atoms with Crippen molar-refractivity contribution in [1.82, 2.24) is 0 Å². The SMILES string of the molecule is [Cl-].[Cl-].c1ccc([PH][Pd+]([PH]c2ccccc2)[PH]c2ccccc2)cc1.c1ccc([PH][Pd+]([PH]c2ccccc2)[PH]c2ccccc2)cc1. The molecule has 0 aliphatic rings. The Bertz CT molecular complexity index is 1290. The summed E-state index contributed by atoms with van der Waals surface area (Å²) >= 11 is -1.17. The van der Waals surface area contributed by atoms with E-state index < -0.39 is 30.5 Å². The summed E-state index contributed by atoms with van der Waals surface area (Å²) in [4.78, 5) is 0. The van der Waals surface area contributed by atoms with Gasteiger partial charge in [0.1, 0.15) is 0 Å². The molecule has 0 aliphatic heterocycles. The summed E-state index contributed by atoms with van der Waals surface area (Å²) in [6.07, 6.45) is 0. The first-order chi connectivity index (χ1) is 21.8. The van der Waals surface area contributed by atoms with Crippen molar-refractivity contribution in [2.24, 2.45) is 0 Å². The van der Waals surface area contributed by atoms with E-state index in [1.54, 1.807) is 0 Å². The average Bonchev–Trinajstić information content (AvgIpc) is 3.08. The van der Waals surface area contributed by atoms with Gasteiger partial charge in [0, 0.05) is 0 Å². The van der Waals surface area contributed by atoms with Gasteiger partial charge in [-0.25, -0.2) is 0 Å². The number of halogens is 2. The van der Waals surface area contributed by atoms with Gasteiger partial charge in [-0.05, 0) is 0 Å². The van der Waals surface area contributed by atoms with Crippen LogP contribution in [0.25, 0.3) is 0 Å². The van der Waals surface area contributed by atoms with Crippen molar-refractivity contribution >= 4 is 72.4 Å². The summed E-state index contributed by atoms with van der Waals surface area (Å²) in [5.41, 5.74) is 0. The monoisotopic (exact) mass is 936 g/mol. The molecule has 6 rings (SSSR count). The Balaban J connectivity index is 0.000000240. The van der Waals surface area contributed by atoms with Gasteiger partial charge in [0.05, 0.1) is 0 Å². The van der Waals surface area contributed by atoms with E-state index in [4.69, 9.17) is 0 Å². The number of hydrogen-bond donors (Lipinski definition) is 0. The molecule has 0 saturated heterocycles. The van der Waals surface area contributed by atoms with Gasteiger partial charge in [-0.3, -0.25) is 0 Å². The van der Waals surface area contributed by atoms with Crippen molar-refractivity contribution in [2.45, 2.75) is 0 Å². The van der Waals surface area contributed by atoms with Crippen molar-refractivity contribution in [3.05, 3.63) is 182 Å². The van der Waals surface area contributed by atoms with Crippen molar-refractivity contribution < 1.29 is 55.4 Å². The molecule has 0 bridgehead atoms. The molecular formula is C36H36Cl2P6Pd2. The first-order valence-electron chi connectivity index (χ1n) is 13.9. The molecular weight excluding hydrogens is 902 g/mol. The van der Waals surface area contributed by atoms with Crippen LogP contribution in [0, 0.1) is 0 Å². The van der Waals surface area contributed by atoms with E-state index in [0.717, 1.165) is 40.6 Å². The van der Waals surface area contributed by atoms with Gasteiger partial charge in [-0.15, -0.1) is 0 Å². The third-order valence-electron chi connectivity index (χ3n) is 5.66. The quantitative estimate of drug-likeness (QED) is 0.131. The van der Waals surface area contributed by atoms with Gasteiger partial charge in [-0.2, -0.15) is 0 Å². The first kappa shape index (κ1) is 40.2. The summed E-state index contributed by atoms with van der Waals surface area (Å²) in [7, 11) is 0. The Morgan fingerprint density at radius 3 is 0.478 bits per heavy atom. The van der Waals surface area contributed by atoms with E-state index in [2.05, 4.69) is 182 Å². The zero-order valence-corrected chi connectivity index (χ0v) is 35.3. The van der Waals surface area contributed by atoms with Crippen LogP contribution in [-0.4, -0.2) is 0 Å². The molecule has 0 spiro atoms. The third kappa shape index (κ3) is 15.6. The minimum atomic E-state index is -0.583. The summed E-state index contributed by atoms with van der Waals surface area (Å²) < 4.78 is 0. The molecule has 0 aromatic heterocycles. The fourth-order valence-corrected chi connectivity index (χ4v) is 44.9. The molecule has 244 valence electrons. The third-order valence-corrected chi connectivity index (χ3v) is 41.6. The van der Waals surface area contributed by atoms with Gasteiger partial charge in [0.2, 0.25) is 0 Å². The topological polar surface area (TPSA) is 0 Å². The molecule has 46 heavy (non-hydrogen) atoms. The van der Waals surface area contributed by atoms with Crippen molar-refractivity contribution in [1.29, 1.82) is 0 Å². The van der Waals surface area contributed by atoms with E-state index in [1.165, 1.54) is 31.8 Å². The summed E-state index contributed by atoms with van der Waals surface area (Å²) in [5.74, 6) is 0. The second-order valence-corrected chi connectivity index (χ2v) is 45.3. The predicted octanol–water partition coefficient (Wildman–Crippen LogP) is 2.73. The minimum absolute atomic E-state index is 0. The van der Waals surface area contributed by atoms with E-state index in [-0.39, 0.29) is 24.8 Å². The van der Waals surface area contributed by atoms with Gasteiger partial charge in [0.25, 0.3) is 0 Å².